The Morgan fingerprint density at radius 3 is 2.08 bits per heavy atom. The van der Waals surface area contributed by atoms with Crippen LogP contribution in [-0.2, 0) is 20.8 Å². The van der Waals surface area contributed by atoms with Crippen molar-refractivity contribution in [3.05, 3.63) is 135 Å². The Balaban J connectivity index is 1.52. The SMILES string of the molecule is C[N](C)[Zr]([C]1=Cc2cc3ccc2C1c1cccc(c1)S3)([C]1=Cc2cccc(Br)c2C1c1ccccc1)[N](C)C. The summed E-state index contributed by atoms with van der Waals surface area (Å²) in [6.45, 7) is 0. The van der Waals surface area contributed by atoms with Gasteiger partial charge in [0.1, 0.15) is 0 Å². The van der Waals surface area contributed by atoms with Gasteiger partial charge < -0.3 is 0 Å². The second kappa shape index (κ2) is 9.82. The number of allylic oxidation sites excluding steroid dienone is 2. The predicted molar refractivity (Wildman–Crippen MR) is 165 cm³/mol. The summed E-state index contributed by atoms with van der Waals surface area (Å²) in [4.78, 5) is 2.64. The first kappa shape index (κ1) is 25.9. The van der Waals surface area contributed by atoms with Gasteiger partial charge >= 0.3 is 252 Å². The van der Waals surface area contributed by atoms with Crippen LogP contribution in [0.1, 0.15) is 45.2 Å². The Morgan fingerprint density at radius 1 is 0.641 bits per heavy atom. The summed E-state index contributed by atoms with van der Waals surface area (Å²) in [6, 6.07) is 34.2. The zero-order valence-electron chi connectivity index (χ0n) is 22.7. The first-order valence-electron chi connectivity index (χ1n) is 13.4. The van der Waals surface area contributed by atoms with Crippen LogP contribution in [0.15, 0.2) is 112 Å². The van der Waals surface area contributed by atoms with Crippen LogP contribution in [0.3, 0.4) is 0 Å². The average Bonchev–Trinajstić information content (AvgIpc) is 3.50. The van der Waals surface area contributed by atoms with Crippen molar-refractivity contribution in [3.8, 4) is 0 Å². The first-order valence-corrected chi connectivity index (χ1v) is 19.7. The van der Waals surface area contributed by atoms with E-state index in [0.717, 1.165) is 0 Å². The van der Waals surface area contributed by atoms with Crippen molar-refractivity contribution in [3.63, 3.8) is 0 Å². The fourth-order valence-corrected chi connectivity index (χ4v) is 22.0. The minimum atomic E-state index is -3.74. The van der Waals surface area contributed by atoms with E-state index in [9.17, 15) is 0 Å². The molecule has 2 aliphatic heterocycles. The van der Waals surface area contributed by atoms with E-state index in [-0.39, 0.29) is 11.8 Å². The molecule has 0 saturated heterocycles. The third-order valence-electron chi connectivity index (χ3n) is 8.65. The molecule has 8 rings (SSSR count). The number of hydrogen-bond donors (Lipinski definition) is 0. The number of hydrogen-bond acceptors (Lipinski definition) is 3. The first-order chi connectivity index (χ1) is 18.9. The number of benzene rings is 4. The average molecular weight is 671 g/mol. The van der Waals surface area contributed by atoms with Gasteiger partial charge in [0, 0.05) is 0 Å². The number of halogens is 1. The van der Waals surface area contributed by atoms with Crippen molar-refractivity contribution in [1.82, 2.24) is 5.69 Å². The van der Waals surface area contributed by atoms with Gasteiger partial charge in [-0.15, -0.1) is 0 Å². The van der Waals surface area contributed by atoms with Crippen molar-refractivity contribution in [2.24, 2.45) is 0 Å². The summed E-state index contributed by atoms with van der Waals surface area (Å²) in [5, 5.41) is 0. The molecule has 39 heavy (non-hydrogen) atoms. The Morgan fingerprint density at radius 2 is 1.31 bits per heavy atom. The molecule has 0 saturated carbocycles. The van der Waals surface area contributed by atoms with Crippen LogP contribution in [0, 0.1) is 0 Å². The molecule has 4 aromatic carbocycles. The van der Waals surface area contributed by atoms with Gasteiger partial charge in [0.05, 0.1) is 0 Å². The van der Waals surface area contributed by atoms with E-state index in [4.69, 9.17) is 0 Å². The van der Waals surface area contributed by atoms with Gasteiger partial charge in [0.25, 0.3) is 0 Å². The molecule has 4 aromatic rings. The van der Waals surface area contributed by atoms with Gasteiger partial charge in [-0.25, -0.2) is 0 Å². The van der Waals surface area contributed by atoms with Crippen molar-refractivity contribution in [2.75, 3.05) is 28.2 Å². The van der Waals surface area contributed by atoms with E-state index in [1.807, 2.05) is 11.8 Å². The molecule has 2 atom stereocenters. The van der Waals surface area contributed by atoms with Crippen LogP contribution in [0.2, 0.25) is 0 Å². The quantitative estimate of drug-likeness (QED) is 0.210. The van der Waals surface area contributed by atoms with Gasteiger partial charge in [-0.3, -0.25) is 0 Å². The van der Waals surface area contributed by atoms with E-state index in [0.29, 0.717) is 0 Å². The number of fused-ring (bicyclic) bond motifs is 2. The van der Waals surface area contributed by atoms with Crippen LogP contribution in [-0.4, -0.2) is 33.9 Å². The van der Waals surface area contributed by atoms with Crippen molar-refractivity contribution < 1.29 is 20.8 Å². The minimum absolute atomic E-state index is 0.216. The summed E-state index contributed by atoms with van der Waals surface area (Å²) >= 11 is 2.10. The summed E-state index contributed by atoms with van der Waals surface area (Å²) < 4.78 is 9.70. The van der Waals surface area contributed by atoms with Crippen LogP contribution < -0.4 is 0 Å². The normalized spacial score (nSPS) is 19.1. The van der Waals surface area contributed by atoms with E-state index in [2.05, 4.69) is 153 Å². The van der Waals surface area contributed by atoms with Crippen LogP contribution >= 0.6 is 27.7 Å². The molecule has 0 N–H and O–H groups in total. The predicted octanol–water partition coefficient (Wildman–Crippen LogP) is 8.69. The zero-order valence-corrected chi connectivity index (χ0v) is 27.5. The zero-order chi connectivity index (χ0) is 26.9. The van der Waals surface area contributed by atoms with Crippen molar-refractivity contribution >= 4 is 39.8 Å². The molecule has 2 nitrogen and oxygen atoms in total. The molecule has 0 aromatic heterocycles. The number of nitrogens with zero attached hydrogens (tertiary/aromatic N) is 2. The molecule has 2 aliphatic carbocycles. The van der Waals surface area contributed by atoms with Crippen LogP contribution in [0.25, 0.3) is 12.2 Å². The summed E-state index contributed by atoms with van der Waals surface area (Å²) in [5.74, 6) is 0.478. The molecule has 6 bridgehead atoms. The van der Waals surface area contributed by atoms with Crippen LogP contribution in [0.4, 0.5) is 0 Å². The number of rotatable bonds is 5. The molecule has 0 spiro atoms. The van der Waals surface area contributed by atoms with E-state index >= 15 is 0 Å². The molecule has 2 unspecified atom stereocenters. The summed E-state index contributed by atoms with van der Waals surface area (Å²) in [5.41, 5.74) is 8.36. The Labute approximate surface area is 249 Å². The topological polar surface area (TPSA) is 6.48 Å². The molecule has 0 amide bonds. The second-order valence-corrected chi connectivity index (χ2v) is 23.7. The van der Waals surface area contributed by atoms with Gasteiger partial charge in [0.2, 0.25) is 0 Å². The van der Waals surface area contributed by atoms with Gasteiger partial charge in [0.15, 0.2) is 0 Å². The molecule has 194 valence electrons. The third kappa shape index (κ3) is 3.92. The summed E-state index contributed by atoms with van der Waals surface area (Å²) in [7, 11) is 9.34. The molecule has 2 heterocycles. The monoisotopic (exact) mass is 668 g/mol. The van der Waals surface area contributed by atoms with E-state index < -0.39 is 20.8 Å². The maximum absolute atomic E-state index is 3.97. The van der Waals surface area contributed by atoms with Crippen molar-refractivity contribution in [2.45, 2.75) is 21.6 Å². The third-order valence-corrected chi connectivity index (χ3v) is 22.8. The molecule has 4 aliphatic rings. The molecule has 0 radical (unpaired) electrons. The fraction of sp³-hybridized carbons (Fsp3) is 0.176. The van der Waals surface area contributed by atoms with E-state index in [1.54, 1.807) is 6.56 Å². The maximum atomic E-state index is 3.97. The molecule has 0 fully saturated rings. The second-order valence-electron chi connectivity index (χ2n) is 11.1. The van der Waals surface area contributed by atoms with Crippen molar-refractivity contribution in [1.29, 1.82) is 0 Å². The Hall–Kier alpha value is -2.01. The fourth-order valence-electron chi connectivity index (χ4n) is 7.26. The van der Waals surface area contributed by atoms with Crippen LogP contribution in [0.5, 0.6) is 0 Å². The summed E-state index contributed by atoms with van der Waals surface area (Å²) in [6.07, 6.45) is 5.14. The molecule has 5 heteroatoms. The van der Waals surface area contributed by atoms with Gasteiger partial charge in [-0.1, -0.05) is 0 Å². The molecular formula is C34H31BrN2SZr. The van der Waals surface area contributed by atoms with Gasteiger partial charge in [-0.2, -0.15) is 0 Å². The van der Waals surface area contributed by atoms with E-state index in [1.165, 1.54) is 47.6 Å². The van der Waals surface area contributed by atoms with Gasteiger partial charge in [-0.05, 0) is 0 Å². The standard InChI is InChI=1S/C15H10Br.C15H9S.2C2H6N.Zr/c16-14-8-4-7-12-9-10-13(15(12)14)11-5-2-1-3-6-11;1-2-10-8-12(3-1)16-13-5-7-15-11(9-13)4-6-14(10)15;2*1-3-2;/h1-9,13H;1-5,7-9,14H;2*1-2H3;/q;;2*-1;+2. The molecular weight excluding hydrogens is 640 g/mol. The Bertz CT molecular complexity index is 1670. The Kier molecular flexibility index (Phi) is 6.53.